The molecule has 0 atom stereocenters. The maximum absolute atomic E-state index is 13.0. The van der Waals surface area contributed by atoms with Gasteiger partial charge in [0.05, 0.1) is 4.47 Å². The fraction of sp³-hybridized carbons (Fsp3) is 0.440. The first-order valence-electron chi connectivity index (χ1n) is 10.9. The van der Waals surface area contributed by atoms with Gasteiger partial charge < -0.3 is 14.8 Å². The Morgan fingerprint density at radius 1 is 1.03 bits per heavy atom. The highest BCUT2D eigenvalue weighted by Gasteiger charge is 2.35. The molecule has 0 fully saturated rings. The van der Waals surface area contributed by atoms with Crippen LogP contribution >= 0.6 is 15.9 Å². The average Bonchev–Trinajstić information content (AvgIpc) is 2.66. The second-order valence-electron chi connectivity index (χ2n) is 9.70. The summed E-state index contributed by atoms with van der Waals surface area (Å²) in [6.45, 7) is 13.7. The van der Waals surface area contributed by atoms with E-state index in [9.17, 15) is 14.4 Å². The zero-order chi connectivity index (χ0) is 25.8. The van der Waals surface area contributed by atoms with Crippen LogP contribution in [0, 0.1) is 0 Å². The molecule has 0 aliphatic heterocycles. The number of nitrogens with zero attached hydrogens (tertiary/aromatic N) is 2. The van der Waals surface area contributed by atoms with Crippen LogP contribution < -0.4 is 10.2 Å². The lowest BCUT2D eigenvalue weighted by molar-refractivity contribution is -0.114. The van der Waals surface area contributed by atoms with E-state index < -0.39 is 23.4 Å². The molecule has 1 heterocycles. The molecule has 34 heavy (non-hydrogen) atoms. The van der Waals surface area contributed by atoms with Crippen LogP contribution in [0.15, 0.2) is 34.9 Å². The Morgan fingerprint density at radius 3 is 2.06 bits per heavy atom. The molecule has 2 rings (SSSR count). The van der Waals surface area contributed by atoms with Gasteiger partial charge in [-0.15, -0.1) is 0 Å². The van der Waals surface area contributed by atoms with E-state index in [4.69, 9.17) is 9.47 Å². The highest BCUT2D eigenvalue weighted by Crippen LogP contribution is 2.37. The van der Waals surface area contributed by atoms with Crippen LogP contribution in [0.3, 0.4) is 0 Å². The van der Waals surface area contributed by atoms with Gasteiger partial charge in [0.25, 0.3) is 0 Å². The lowest BCUT2D eigenvalue weighted by Gasteiger charge is -2.29. The SMILES string of the molecule is CCc1c(-c2cccc(NC(C)=O)c2)cnc(N(C(=O)OC(C)(C)C)C(=O)OC(C)(C)C)c1Br. The monoisotopic (exact) mass is 533 g/mol. The van der Waals surface area contributed by atoms with Crippen LogP contribution in [0.1, 0.15) is 61.0 Å². The number of amides is 3. The smallest absolute Gasteiger partial charge is 0.425 e. The van der Waals surface area contributed by atoms with Crippen molar-refractivity contribution in [2.45, 2.75) is 73.0 Å². The summed E-state index contributed by atoms with van der Waals surface area (Å²) >= 11 is 3.56. The summed E-state index contributed by atoms with van der Waals surface area (Å²) in [6.07, 6.45) is 0.384. The summed E-state index contributed by atoms with van der Waals surface area (Å²) in [4.78, 5) is 42.8. The quantitative estimate of drug-likeness (QED) is 0.468. The molecular weight excluding hydrogens is 502 g/mol. The van der Waals surface area contributed by atoms with Gasteiger partial charge in [0, 0.05) is 24.4 Å². The minimum absolute atomic E-state index is 0.0714. The zero-order valence-electron chi connectivity index (χ0n) is 20.9. The Hall–Kier alpha value is -2.94. The van der Waals surface area contributed by atoms with E-state index in [0.717, 1.165) is 21.6 Å². The van der Waals surface area contributed by atoms with Gasteiger partial charge in [0.1, 0.15) is 11.2 Å². The Labute approximate surface area is 209 Å². The predicted molar refractivity (Wildman–Crippen MR) is 136 cm³/mol. The number of halogens is 1. The number of aromatic nitrogens is 1. The number of imide groups is 1. The number of hydrogen-bond donors (Lipinski definition) is 1. The molecule has 0 spiro atoms. The van der Waals surface area contributed by atoms with Crippen molar-refractivity contribution in [2.75, 3.05) is 10.2 Å². The van der Waals surface area contributed by atoms with Gasteiger partial charge in [0.15, 0.2) is 5.82 Å². The standard InChI is InChI=1S/C25H32BrN3O5/c1-9-18-19(16-11-10-12-17(13-16)28-15(2)30)14-27-21(20(18)26)29(22(31)33-24(3,4)5)23(32)34-25(6,7)8/h10-14H,9H2,1-8H3,(H,28,30). The first-order valence-corrected chi connectivity index (χ1v) is 11.7. The molecule has 184 valence electrons. The Balaban J connectivity index is 2.62. The molecule has 1 aromatic heterocycles. The number of benzene rings is 1. The van der Waals surface area contributed by atoms with E-state index >= 15 is 0 Å². The first kappa shape index (κ1) is 27.3. The largest absolute Gasteiger partial charge is 0.443 e. The van der Waals surface area contributed by atoms with Gasteiger partial charge in [-0.05, 0) is 87.2 Å². The van der Waals surface area contributed by atoms with E-state index in [0.29, 0.717) is 16.6 Å². The third-order valence-electron chi connectivity index (χ3n) is 4.31. The van der Waals surface area contributed by atoms with Gasteiger partial charge in [-0.1, -0.05) is 19.1 Å². The Kier molecular flexibility index (Phi) is 8.47. The van der Waals surface area contributed by atoms with Crippen LogP contribution in [-0.2, 0) is 20.7 Å². The van der Waals surface area contributed by atoms with Gasteiger partial charge in [0.2, 0.25) is 5.91 Å². The van der Waals surface area contributed by atoms with Crippen LogP contribution in [-0.4, -0.2) is 34.3 Å². The van der Waals surface area contributed by atoms with Crippen LogP contribution in [0.2, 0.25) is 0 Å². The maximum atomic E-state index is 13.0. The van der Waals surface area contributed by atoms with Crippen molar-refractivity contribution in [3.63, 3.8) is 0 Å². The number of carbonyl (C=O) groups is 3. The fourth-order valence-electron chi connectivity index (χ4n) is 3.09. The zero-order valence-corrected chi connectivity index (χ0v) is 22.5. The van der Waals surface area contributed by atoms with Crippen molar-refractivity contribution in [3.8, 4) is 11.1 Å². The predicted octanol–water partition coefficient (Wildman–Crippen LogP) is 6.71. The molecule has 0 aliphatic rings. The number of nitrogens with one attached hydrogen (secondary N) is 1. The summed E-state index contributed by atoms with van der Waals surface area (Å²) in [5.41, 5.74) is 1.42. The van der Waals surface area contributed by atoms with E-state index in [2.05, 4.69) is 26.2 Å². The molecule has 1 N–H and O–H groups in total. The Morgan fingerprint density at radius 2 is 1.59 bits per heavy atom. The van der Waals surface area contributed by atoms with E-state index in [1.807, 2.05) is 25.1 Å². The molecular formula is C25H32BrN3O5. The first-order chi connectivity index (χ1) is 15.6. The number of rotatable bonds is 4. The van der Waals surface area contributed by atoms with Gasteiger partial charge in [-0.25, -0.2) is 14.6 Å². The molecule has 0 saturated carbocycles. The number of hydrogen-bond acceptors (Lipinski definition) is 6. The highest BCUT2D eigenvalue weighted by molar-refractivity contribution is 9.10. The second-order valence-corrected chi connectivity index (χ2v) is 10.5. The van der Waals surface area contributed by atoms with E-state index in [1.165, 1.54) is 6.92 Å². The van der Waals surface area contributed by atoms with Crippen molar-refractivity contribution in [2.24, 2.45) is 0 Å². The molecule has 0 bridgehead atoms. The minimum atomic E-state index is -0.891. The average molecular weight is 534 g/mol. The second kappa shape index (κ2) is 10.5. The normalized spacial score (nSPS) is 11.6. The molecule has 2 aromatic rings. The summed E-state index contributed by atoms with van der Waals surface area (Å²) in [6, 6.07) is 7.35. The van der Waals surface area contributed by atoms with Crippen molar-refractivity contribution in [1.82, 2.24) is 4.98 Å². The lowest BCUT2D eigenvalue weighted by atomic mass is 9.99. The summed E-state index contributed by atoms with van der Waals surface area (Å²) in [7, 11) is 0. The van der Waals surface area contributed by atoms with E-state index in [-0.39, 0.29) is 11.7 Å². The van der Waals surface area contributed by atoms with Gasteiger partial charge in [-0.3, -0.25) is 4.79 Å². The number of pyridine rings is 1. The number of carbonyl (C=O) groups excluding carboxylic acids is 3. The molecule has 3 amide bonds. The molecule has 0 radical (unpaired) electrons. The summed E-state index contributed by atoms with van der Waals surface area (Å²) in [5.74, 6) is -0.102. The van der Waals surface area contributed by atoms with Gasteiger partial charge >= 0.3 is 12.2 Å². The summed E-state index contributed by atoms with van der Waals surface area (Å²) in [5, 5.41) is 2.77. The number of ether oxygens (including phenoxy) is 2. The highest BCUT2D eigenvalue weighted by atomic mass is 79.9. The topological polar surface area (TPSA) is 97.8 Å². The van der Waals surface area contributed by atoms with Crippen LogP contribution in [0.4, 0.5) is 21.1 Å². The van der Waals surface area contributed by atoms with Crippen molar-refractivity contribution in [1.29, 1.82) is 0 Å². The number of anilines is 2. The van der Waals surface area contributed by atoms with E-state index in [1.54, 1.807) is 53.8 Å². The van der Waals surface area contributed by atoms with Crippen molar-refractivity contribution >= 4 is 45.5 Å². The third-order valence-corrected chi connectivity index (χ3v) is 5.15. The van der Waals surface area contributed by atoms with Crippen molar-refractivity contribution < 1.29 is 23.9 Å². The molecule has 1 aromatic carbocycles. The molecule has 0 aliphatic carbocycles. The fourth-order valence-corrected chi connectivity index (χ4v) is 3.87. The van der Waals surface area contributed by atoms with Crippen molar-refractivity contribution in [3.05, 3.63) is 40.5 Å². The third kappa shape index (κ3) is 7.28. The minimum Gasteiger partial charge on any atom is -0.443 e. The maximum Gasteiger partial charge on any atom is 0.425 e. The van der Waals surface area contributed by atoms with Crippen LogP contribution in [0.25, 0.3) is 11.1 Å². The van der Waals surface area contributed by atoms with Gasteiger partial charge in [-0.2, -0.15) is 4.90 Å². The Bertz CT molecular complexity index is 1060. The lowest BCUT2D eigenvalue weighted by Crippen LogP contribution is -2.44. The molecule has 0 unspecified atom stereocenters. The summed E-state index contributed by atoms with van der Waals surface area (Å²) < 4.78 is 11.4. The molecule has 0 saturated heterocycles. The molecule has 8 nitrogen and oxygen atoms in total. The van der Waals surface area contributed by atoms with Crippen LogP contribution in [0.5, 0.6) is 0 Å². The molecule has 9 heteroatoms.